The first-order chi connectivity index (χ1) is 15.9. The van der Waals surface area contributed by atoms with Crippen LogP contribution in [0.3, 0.4) is 0 Å². The molecular weight excluding hydrogens is 467 g/mol. The van der Waals surface area contributed by atoms with Gasteiger partial charge in [-0.15, -0.1) is 11.3 Å². The molecule has 0 aliphatic carbocycles. The van der Waals surface area contributed by atoms with Gasteiger partial charge in [0.05, 0.1) is 23.9 Å². The monoisotopic (exact) mass is 490 g/mol. The Morgan fingerprint density at radius 1 is 1.15 bits per heavy atom. The summed E-state index contributed by atoms with van der Waals surface area (Å²) in [6.45, 7) is 0.583. The van der Waals surface area contributed by atoms with Crippen LogP contribution in [-0.4, -0.2) is 43.9 Å². The molecular formula is C23H23FN2O5S2. The van der Waals surface area contributed by atoms with Gasteiger partial charge in [-0.2, -0.15) is 4.31 Å². The molecule has 0 N–H and O–H groups in total. The van der Waals surface area contributed by atoms with Crippen molar-refractivity contribution in [1.29, 1.82) is 0 Å². The molecule has 1 fully saturated rings. The van der Waals surface area contributed by atoms with Gasteiger partial charge in [-0.25, -0.2) is 22.6 Å². The number of para-hydroxylation sites is 1. The first-order valence-electron chi connectivity index (χ1n) is 10.4. The number of hydrogen-bond donors (Lipinski definition) is 0. The van der Waals surface area contributed by atoms with E-state index in [-0.39, 0.29) is 12.2 Å². The summed E-state index contributed by atoms with van der Waals surface area (Å²) in [6, 6.07) is 10.7. The summed E-state index contributed by atoms with van der Waals surface area (Å²) in [5.74, 6) is -0.959. The number of sulfonamides is 1. The minimum atomic E-state index is -4.02. The summed E-state index contributed by atoms with van der Waals surface area (Å²) >= 11 is 1.39. The van der Waals surface area contributed by atoms with Gasteiger partial charge < -0.3 is 9.47 Å². The van der Waals surface area contributed by atoms with Crippen LogP contribution in [0.5, 0.6) is 5.75 Å². The van der Waals surface area contributed by atoms with E-state index < -0.39 is 26.7 Å². The van der Waals surface area contributed by atoms with E-state index in [1.54, 1.807) is 12.5 Å². The Bertz CT molecular complexity index is 1250. The molecule has 1 aromatic heterocycles. The molecule has 0 saturated carbocycles. The molecule has 0 bridgehead atoms. The van der Waals surface area contributed by atoms with Gasteiger partial charge in [0.2, 0.25) is 10.0 Å². The second-order valence-electron chi connectivity index (χ2n) is 7.53. The van der Waals surface area contributed by atoms with Crippen LogP contribution in [0.2, 0.25) is 0 Å². The molecule has 1 aliphatic rings. The number of carbonyl (C=O) groups excluding carboxylic acids is 1. The predicted octanol–water partition coefficient (Wildman–Crippen LogP) is 4.49. The van der Waals surface area contributed by atoms with Crippen LogP contribution < -0.4 is 4.74 Å². The maximum atomic E-state index is 14.4. The quantitative estimate of drug-likeness (QED) is 0.454. The zero-order chi connectivity index (χ0) is 23.4. The van der Waals surface area contributed by atoms with Crippen molar-refractivity contribution in [1.82, 2.24) is 9.29 Å². The van der Waals surface area contributed by atoms with Crippen LogP contribution in [0.4, 0.5) is 4.39 Å². The van der Waals surface area contributed by atoms with Crippen LogP contribution in [0.25, 0.3) is 10.6 Å². The van der Waals surface area contributed by atoms with Crippen molar-refractivity contribution in [2.45, 2.75) is 30.8 Å². The van der Waals surface area contributed by atoms with Gasteiger partial charge in [0.15, 0.2) is 0 Å². The normalized spacial score (nSPS) is 14.7. The number of thiazole rings is 1. The number of aromatic nitrogens is 1. The molecule has 0 unspecified atom stereocenters. The van der Waals surface area contributed by atoms with Crippen molar-refractivity contribution < 1.29 is 27.1 Å². The standard InChI is InChI=1S/C23H23FN2O5S2/c1-30-20-8-4-3-7-18(20)22-25-17(15-32-22)14-31-23(27)16-9-10-19(24)21(13-16)33(28,29)26-11-5-2-6-12-26/h3-4,7-10,13,15H,2,5-6,11-12,14H2,1H3. The zero-order valence-corrected chi connectivity index (χ0v) is 19.6. The van der Waals surface area contributed by atoms with Crippen LogP contribution in [0.1, 0.15) is 35.3 Å². The molecule has 2 heterocycles. The van der Waals surface area contributed by atoms with E-state index >= 15 is 0 Å². The number of esters is 1. The average Bonchev–Trinajstić information content (AvgIpc) is 3.32. The molecule has 1 aliphatic heterocycles. The van der Waals surface area contributed by atoms with Gasteiger partial charge in [0.25, 0.3) is 0 Å². The van der Waals surface area contributed by atoms with E-state index in [1.165, 1.54) is 21.7 Å². The van der Waals surface area contributed by atoms with Crippen molar-refractivity contribution in [3.8, 4) is 16.3 Å². The van der Waals surface area contributed by atoms with Gasteiger partial charge >= 0.3 is 5.97 Å². The lowest BCUT2D eigenvalue weighted by molar-refractivity contribution is 0.0468. The maximum Gasteiger partial charge on any atom is 0.338 e. The van der Waals surface area contributed by atoms with E-state index in [4.69, 9.17) is 9.47 Å². The maximum absolute atomic E-state index is 14.4. The first-order valence-corrected chi connectivity index (χ1v) is 12.8. The largest absolute Gasteiger partial charge is 0.496 e. The summed E-state index contributed by atoms with van der Waals surface area (Å²) in [4.78, 5) is 16.5. The third-order valence-electron chi connectivity index (χ3n) is 5.34. The third kappa shape index (κ3) is 5.07. The fraction of sp³-hybridized carbons (Fsp3) is 0.304. The molecule has 0 spiro atoms. The lowest BCUT2D eigenvalue weighted by Gasteiger charge is -2.26. The highest BCUT2D eigenvalue weighted by atomic mass is 32.2. The summed E-state index contributed by atoms with van der Waals surface area (Å²) in [5, 5.41) is 2.49. The fourth-order valence-electron chi connectivity index (χ4n) is 3.61. The van der Waals surface area contributed by atoms with Crippen LogP contribution in [0.15, 0.2) is 52.7 Å². The summed E-state index contributed by atoms with van der Waals surface area (Å²) in [6.07, 6.45) is 2.40. The number of benzene rings is 2. The topological polar surface area (TPSA) is 85.8 Å². The summed E-state index contributed by atoms with van der Waals surface area (Å²) in [7, 11) is -2.44. The van der Waals surface area contributed by atoms with E-state index in [0.29, 0.717) is 24.5 Å². The molecule has 7 nitrogen and oxygen atoms in total. The number of methoxy groups -OCH3 is 1. The Morgan fingerprint density at radius 3 is 2.67 bits per heavy atom. The zero-order valence-electron chi connectivity index (χ0n) is 18.0. The number of hydrogen-bond acceptors (Lipinski definition) is 7. The molecule has 3 aromatic rings. The van der Waals surface area contributed by atoms with Gasteiger partial charge in [0, 0.05) is 18.5 Å². The Hall–Kier alpha value is -2.82. The van der Waals surface area contributed by atoms with E-state index in [0.717, 1.165) is 42.0 Å². The molecule has 0 amide bonds. The number of rotatable bonds is 7. The minimum Gasteiger partial charge on any atom is -0.496 e. The third-order valence-corrected chi connectivity index (χ3v) is 8.18. The van der Waals surface area contributed by atoms with Gasteiger partial charge in [-0.3, -0.25) is 0 Å². The summed E-state index contributed by atoms with van der Waals surface area (Å²) in [5.41, 5.74) is 1.33. The second kappa shape index (κ2) is 9.98. The highest BCUT2D eigenvalue weighted by Gasteiger charge is 2.29. The van der Waals surface area contributed by atoms with Crippen LogP contribution in [-0.2, 0) is 21.4 Å². The number of halogens is 1. The summed E-state index contributed by atoms with van der Waals surface area (Å²) < 4.78 is 52.1. The Morgan fingerprint density at radius 2 is 1.91 bits per heavy atom. The van der Waals surface area contributed by atoms with Gasteiger partial charge in [-0.05, 0) is 43.2 Å². The number of piperidine rings is 1. The Balaban J connectivity index is 1.47. The first kappa shape index (κ1) is 23.3. The highest BCUT2D eigenvalue weighted by molar-refractivity contribution is 7.89. The highest BCUT2D eigenvalue weighted by Crippen LogP contribution is 2.32. The Labute approximate surface area is 195 Å². The van der Waals surface area contributed by atoms with Crippen molar-refractivity contribution in [2.75, 3.05) is 20.2 Å². The molecule has 4 rings (SSSR count). The second-order valence-corrected chi connectivity index (χ2v) is 10.3. The number of nitrogens with zero attached hydrogens (tertiary/aromatic N) is 2. The molecule has 0 atom stereocenters. The van der Waals surface area contributed by atoms with Gasteiger partial charge in [0.1, 0.15) is 28.1 Å². The van der Waals surface area contributed by atoms with E-state index in [2.05, 4.69) is 4.98 Å². The van der Waals surface area contributed by atoms with E-state index in [9.17, 15) is 17.6 Å². The van der Waals surface area contributed by atoms with Crippen molar-refractivity contribution in [3.63, 3.8) is 0 Å². The van der Waals surface area contributed by atoms with Crippen molar-refractivity contribution in [3.05, 3.63) is 64.9 Å². The minimum absolute atomic E-state index is 0.0350. The molecule has 10 heteroatoms. The molecule has 33 heavy (non-hydrogen) atoms. The lowest BCUT2D eigenvalue weighted by Crippen LogP contribution is -2.36. The Kier molecular flexibility index (Phi) is 7.06. The van der Waals surface area contributed by atoms with Crippen molar-refractivity contribution in [2.24, 2.45) is 0 Å². The van der Waals surface area contributed by atoms with Crippen LogP contribution in [0, 0.1) is 5.82 Å². The fourth-order valence-corrected chi connectivity index (χ4v) is 6.05. The van der Waals surface area contributed by atoms with Gasteiger partial charge in [-0.1, -0.05) is 18.6 Å². The smallest absolute Gasteiger partial charge is 0.338 e. The van der Waals surface area contributed by atoms with Crippen LogP contribution >= 0.6 is 11.3 Å². The molecule has 1 saturated heterocycles. The SMILES string of the molecule is COc1ccccc1-c1nc(COC(=O)c2ccc(F)c(S(=O)(=O)N3CCCCC3)c2)cs1. The number of carbonyl (C=O) groups is 1. The molecule has 174 valence electrons. The molecule has 0 radical (unpaired) electrons. The lowest BCUT2D eigenvalue weighted by atomic mass is 10.2. The average molecular weight is 491 g/mol. The van der Waals surface area contributed by atoms with Crippen molar-refractivity contribution >= 4 is 27.3 Å². The number of ether oxygens (including phenoxy) is 2. The van der Waals surface area contributed by atoms with E-state index in [1.807, 2.05) is 24.3 Å². The predicted molar refractivity (Wildman–Crippen MR) is 122 cm³/mol. The molecule has 2 aromatic carbocycles.